The minimum atomic E-state index is -0.463. The van der Waals surface area contributed by atoms with E-state index in [0.717, 1.165) is 5.56 Å². The van der Waals surface area contributed by atoms with Crippen LogP contribution >= 0.6 is 0 Å². The van der Waals surface area contributed by atoms with E-state index in [-0.39, 0.29) is 19.1 Å². The topological polar surface area (TPSA) is 74.3 Å². The van der Waals surface area contributed by atoms with Gasteiger partial charge < -0.3 is 23.8 Å². The Labute approximate surface area is 182 Å². The highest BCUT2D eigenvalue weighted by Gasteiger charge is 2.19. The van der Waals surface area contributed by atoms with Crippen molar-refractivity contribution in [2.75, 3.05) is 46.1 Å². The first-order valence-corrected chi connectivity index (χ1v) is 10.3. The van der Waals surface area contributed by atoms with Crippen molar-refractivity contribution in [2.24, 2.45) is 0 Å². The maximum absolute atomic E-state index is 12.4. The fourth-order valence-electron chi connectivity index (χ4n) is 3.02. The van der Waals surface area contributed by atoms with Gasteiger partial charge >= 0.3 is 5.97 Å². The van der Waals surface area contributed by atoms with E-state index in [2.05, 4.69) is 0 Å². The molecule has 0 aromatic heterocycles. The maximum atomic E-state index is 12.4. The van der Waals surface area contributed by atoms with Gasteiger partial charge in [-0.25, -0.2) is 4.79 Å². The molecule has 1 aliphatic heterocycles. The number of nitrogens with zero attached hydrogens (tertiary/aromatic N) is 1. The Bertz CT molecular complexity index is 890. The van der Waals surface area contributed by atoms with Gasteiger partial charge in [0.05, 0.1) is 25.4 Å². The molecule has 0 N–H and O–H groups in total. The van der Waals surface area contributed by atoms with Gasteiger partial charge in [0.25, 0.3) is 5.91 Å². The van der Waals surface area contributed by atoms with E-state index in [4.69, 9.17) is 18.9 Å². The number of rotatable bonds is 9. The van der Waals surface area contributed by atoms with E-state index in [1.807, 2.05) is 43.3 Å². The maximum Gasteiger partial charge on any atom is 0.338 e. The first-order valence-electron chi connectivity index (χ1n) is 10.3. The molecule has 0 unspecified atom stereocenters. The number of esters is 1. The zero-order valence-electron chi connectivity index (χ0n) is 17.6. The summed E-state index contributed by atoms with van der Waals surface area (Å²) in [5.41, 5.74) is 1.38. The second-order valence-electron chi connectivity index (χ2n) is 6.79. The van der Waals surface area contributed by atoms with Gasteiger partial charge in [-0.1, -0.05) is 36.4 Å². The van der Waals surface area contributed by atoms with Crippen LogP contribution in [0.3, 0.4) is 0 Å². The molecule has 1 amide bonds. The Balaban J connectivity index is 1.56. The lowest BCUT2D eigenvalue weighted by molar-refractivity contribution is -0.137. The SMILES string of the molecule is CCOc1cc(C(=O)OC/C=C/c2ccccc2)ccc1OCC(=O)N1CCOCC1. The molecule has 7 nitrogen and oxygen atoms in total. The van der Waals surface area contributed by atoms with Crippen LogP contribution in [0.1, 0.15) is 22.8 Å². The molecule has 1 saturated heterocycles. The first-order chi connectivity index (χ1) is 15.2. The number of morpholine rings is 1. The highest BCUT2D eigenvalue weighted by Crippen LogP contribution is 2.29. The van der Waals surface area contributed by atoms with E-state index in [9.17, 15) is 9.59 Å². The fourth-order valence-corrected chi connectivity index (χ4v) is 3.02. The van der Waals surface area contributed by atoms with Crippen molar-refractivity contribution in [3.63, 3.8) is 0 Å². The summed E-state index contributed by atoms with van der Waals surface area (Å²) in [4.78, 5) is 26.4. The third kappa shape index (κ3) is 6.86. The largest absolute Gasteiger partial charge is 0.490 e. The molecule has 0 radical (unpaired) electrons. The van der Waals surface area contributed by atoms with E-state index >= 15 is 0 Å². The highest BCUT2D eigenvalue weighted by atomic mass is 16.5. The molecule has 0 atom stereocenters. The van der Waals surface area contributed by atoms with Crippen LogP contribution < -0.4 is 9.47 Å². The molecule has 1 fully saturated rings. The monoisotopic (exact) mass is 425 g/mol. The molecule has 1 heterocycles. The summed E-state index contributed by atoms with van der Waals surface area (Å²) in [6, 6.07) is 14.6. The van der Waals surface area contributed by atoms with Gasteiger partial charge in [0.1, 0.15) is 6.61 Å². The van der Waals surface area contributed by atoms with E-state index < -0.39 is 5.97 Å². The van der Waals surface area contributed by atoms with Crippen molar-refractivity contribution < 1.29 is 28.5 Å². The molecule has 0 bridgehead atoms. The van der Waals surface area contributed by atoms with Gasteiger partial charge in [0.15, 0.2) is 18.1 Å². The van der Waals surface area contributed by atoms with Crippen LogP contribution in [0.5, 0.6) is 11.5 Å². The molecule has 0 saturated carbocycles. The Kier molecular flexibility index (Phi) is 8.48. The summed E-state index contributed by atoms with van der Waals surface area (Å²) in [6.07, 6.45) is 3.67. The number of carbonyl (C=O) groups excluding carboxylic acids is 2. The number of benzene rings is 2. The molecule has 31 heavy (non-hydrogen) atoms. The number of amides is 1. The minimum Gasteiger partial charge on any atom is -0.490 e. The van der Waals surface area contributed by atoms with Gasteiger partial charge in [0.2, 0.25) is 0 Å². The van der Waals surface area contributed by atoms with Crippen LogP contribution in [-0.2, 0) is 14.3 Å². The molecule has 2 aromatic rings. The van der Waals surface area contributed by atoms with E-state index in [1.165, 1.54) is 0 Å². The van der Waals surface area contributed by atoms with Crippen LogP contribution in [-0.4, -0.2) is 62.9 Å². The third-order valence-electron chi connectivity index (χ3n) is 4.61. The summed E-state index contributed by atoms with van der Waals surface area (Å²) in [5.74, 6) is 0.226. The van der Waals surface area contributed by atoms with Gasteiger partial charge in [0, 0.05) is 13.1 Å². The summed E-state index contributed by atoms with van der Waals surface area (Å²) in [5, 5.41) is 0. The first kappa shape index (κ1) is 22.4. The van der Waals surface area contributed by atoms with Gasteiger partial charge in [-0.05, 0) is 36.8 Å². The smallest absolute Gasteiger partial charge is 0.338 e. The average Bonchev–Trinajstić information content (AvgIpc) is 2.82. The van der Waals surface area contributed by atoms with E-state index in [1.54, 1.807) is 29.2 Å². The summed E-state index contributed by atoms with van der Waals surface area (Å²) >= 11 is 0. The summed E-state index contributed by atoms with van der Waals surface area (Å²) < 4.78 is 21.8. The quantitative estimate of drug-likeness (QED) is 0.575. The molecule has 7 heteroatoms. The number of hydrogen-bond donors (Lipinski definition) is 0. The van der Waals surface area contributed by atoms with Crippen LogP contribution in [0.15, 0.2) is 54.6 Å². The lowest BCUT2D eigenvalue weighted by atomic mass is 10.2. The number of carbonyl (C=O) groups is 2. The summed E-state index contributed by atoms with van der Waals surface area (Å²) in [7, 11) is 0. The van der Waals surface area contributed by atoms with Crippen molar-refractivity contribution in [1.82, 2.24) is 4.90 Å². The number of ether oxygens (including phenoxy) is 4. The van der Waals surface area contributed by atoms with Crippen LogP contribution in [0.2, 0.25) is 0 Å². The zero-order valence-corrected chi connectivity index (χ0v) is 17.6. The zero-order chi connectivity index (χ0) is 21.9. The predicted molar refractivity (Wildman–Crippen MR) is 116 cm³/mol. The van der Waals surface area contributed by atoms with Crippen molar-refractivity contribution in [2.45, 2.75) is 6.92 Å². The van der Waals surface area contributed by atoms with Gasteiger partial charge in [-0.15, -0.1) is 0 Å². The fraction of sp³-hybridized carbons (Fsp3) is 0.333. The normalized spacial score (nSPS) is 13.8. The van der Waals surface area contributed by atoms with Crippen LogP contribution in [0.25, 0.3) is 6.08 Å². The second kappa shape index (κ2) is 11.8. The Morgan fingerprint density at radius 2 is 1.81 bits per heavy atom. The second-order valence-corrected chi connectivity index (χ2v) is 6.79. The molecule has 0 spiro atoms. The van der Waals surface area contributed by atoms with Crippen molar-refractivity contribution >= 4 is 18.0 Å². The average molecular weight is 425 g/mol. The van der Waals surface area contributed by atoms with Crippen molar-refractivity contribution in [3.8, 4) is 11.5 Å². The Hall–Kier alpha value is -3.32. The van der Waals surface area contributed by atoms with Gasteiger partial charge in [-0.3, -0.25) is 4.79 Å². The minimum absolute atomic E-state index is 0.103. The highest BCUT2D eigenvalue weighted by molar-refractivity contribution is 5.90. The molecule has 2 aromatic carbocycles. The van der Waals surface area contributed by atoms with E-state index in [0.29, 0.717) is 50.0 Å². The third-order valence-corrected chi connectivity index (χ3v) is 4.61. The van der Waals surface area contributed by atoms with Gasteiger partial charge in [-0.2, -0.15) is 0 Å². The molecular weight excluding hydrogens is 398 g/mol. The Morgan fingerprint density at radius 1 is 1.03 bits per heavy atom. The standard InChI is InChI=1S/C24H27NO6/c1-2-29-22-17-20(24(27)30-14-6-9-19-7-4-3-5-8-19)10-11-21(22)31-18-23(26)25-12-15-28-16-13-25/h3-11,17H,2,12-16,18H2,1H3/b9-6+. The lowest BCUT2D eigenvalue weighted by Crippen LogP contribution is -2.43. The van der Waals surface area contributed by atoms with Crippen molar-refractivity contribution in [1.29, 1.82) is 0 Å². The predicted octanol–water partition coefficient (Wildman–Crippen LogP) is 3.19. The number of hydrogen-bond acceptors (Lipinski definition) is 6. The molecular formula is C24H27NO6. The molecule has 164 valence electrons. The molecule has 3 rings (SSSR count). The van der Waals surface area contributed by atoms with Crippen molar-refractivity contribution in [3.05, 3.63) is 65.7 Å². The molecule has 0 aliphatic carbocycles. The summed E-state index contributed by atoms with van der Waals surface area (Å²) in [6.45, 7) is 4.47. The molecule has 1 aliphatic rings. The Morgan fingerprint density at radius 3 is 2.55 bits per heavy atom. The lowest BCUT2D eigenvalue weighted by Gasteiger charge is -2.26. The van der Waals surface area contributed by atoms with Crippen LogP contribution in [0, 0.1) is 0 Å². The van der Waals surface area contributed by atoms with Crippen LogP contribution in [0.4, 0.5) is 0 Å².